The molecule has 1 heterocycles. The molecule has 1 fully saturated rings. The van der Waals surface area contributed by atoms with Crippen LogP contribution in [0.2, 0.25) is 0 Å². The van der Waals surface area contributed by atoms with Crippen LogP contribution < -0.4 is 0 Å². The molecule has 0 N–H and O–H groups in total. The van der Waals surface area contributed by atoms with Crippen molar-refractivity contribution < 1.29 is 4.74 Å². The molecule has 1 aliphatic rings. The normalized spacial score (nSPS) is 20.8. The zero-order chi connectivity index (χ0) is 9.52. The lowest BCUT2D eigenvalue weighted by atomic mass is 10.3. The van der Waals surface area contributed by atoms with Gasteiger partial charge in [-0.1, -0.05) is 0 Å². The van der Waals surface area contributed by atoms with Gasteiger partial charge in [0.15, 0.2) is 0 Å². The number of ether oxygens (including phenoxy) is 1. The van der Waals surface area contributed by atoms with Crippen molar-refractivity contribution >= 4 is 11.8 Å². The Bertz CT molecular complexity index is 127. The summed E-state index contributed by atoms with van der Waals surface area (Å²) in [6.07, 6.45) is 2.16. The molecule has 4 heteroatoms. The first-order valence-corrected chi connectivity index (χ1v) is 6.19. The number of nitrogens with zero attached hydrogens (tertiary/aromatic N) is 2. The highest BCUT2D eigenvalue weighted by atomic mass is 32.2. The highest BCUT2D eigenvalue weighted by molar-refractivity contribution is 7.98. The van der Waals surface area contributed by atoms with Crippen LogP contribution in [0.5, 0.6) is 0 Å². The van der Waals surface area contributed by atoms with E-state index in [0.717, 1.165) is 13.2 Å². The fraction of sp³-hybridized carbons (Fsp3) is 1.00. The maximum Gasteiger partial charge on any atom is 0.0589 e. The molecule has 0 aliphatic carbocycles. The lowest BCUT2D eigenvalue weighted by Gasteiger charge is -2.33. The second-order valence-corrected chi connectivity index (χ2v) is 4.21. The van der Waals surface area contributed by atoms with Crippen LogP contribution in [0, 0.1) is 0 Å². The summed E-state index contributed by atoms with van der Waals surface area (Å²) in [5, 5.41) is 0. The monoisotopic (exact) mass is 204 g/mol. The number of thioether (sulfide) groups is 1. The summed E-state index contributed by atoms with van der Waals surface area (Å²) in [6.45, 7) is 6.77. The van der Waals surface area contributed by atoms with Crippen LogP contribution in [0.3, 0.4) is 0 Å². The fourth-order valence-corrected chi connectivity index (χ4v) is 2.17. The molecule has 0 atom stereocenters. The average Bonchev–Trinajstić information content (AvgIpc) is 2.17. The molecule has 13 heavy (non-hydrogen) atoms. The highest BCUT2D eigenvalue weighted by Crippen LogP contribution is 2.04. The third-order valence-corrected chi connectivity index (χ3v) is 3.01. The molecule has 0 aromatic carbocycles. The number of hydrogen-bond acceptors (Lipinski definition) is 4. The minimum Gasteiger partial charge on any atom is -0.383 e. The van der Waals surface area contributed by atoms with Gasteiger partial charge < -0.3 is 4.74 Å². The topological polar surface area (TPSA) is 15.7 Å². The van der Waals surface area contributed by atoms with Crippen molar-refractivity contribution in [3.8, 4) is 0 Å². The molecule has 0 aromatic rings. The van der Waals surface area contributed by atoms with Crippen molar-refractivity contribution in [1.29, 1.82) is 0 Å². The summed E-state index contributed by atoms with van der Waals surface area (Å²) >= 11 is 1.91. The van der Waals surface area contributed by atoms with Gasteiger partial charge in [0.25, 0.3) is 0 Å². The van der Waals surface area contributed by atoms with E-state index in [4.69, 9.17) is 4.74 Å². The van der Waals surface area contributed by atoms with Crippen molar-refractivity contribution in [3.63, 3.8) is 0 Å². The maximum absolute atomic E-state index is 5.06. The molecule has 1 rings (SSSR count). The first-order chi connectivity index (χ1) is 6.36. The second-order valence-electron chi connectivity index (χ2n) is 3.37. The van der Waals surface area contributed by atoms with Crippen LogP contribution in [0.4, 0.5) is 0 Å². The second kappa shape index (κ2) is 6.65. The first-order valence-electron chi connectivity index (χ1n) is 4.79. The van der Waals surface area contributed by atoms with Crippen molar-refractivity contribution in [2.75, 3.05) is 58.6 Å². The minimum absolute atomic E-state index is 0.864. The first kappa shape index (κ1) is 11.3. The van der Waals surface area contributed by atoms with E-state index in [9.17, 15) is 0 Å². The van der Waals surface area contributed by atoms with Crippen LogP contribution in [0.25, 0.3) is 0 Å². The van der Waals surface area contributed by atoms with Gasteiger partial charge in [0.1, 0.15) is 0 Å². The number of methoxy groups -OCH3 is 1. The molecule has 0 unspecified atom stereocenters. The fourth-order valence-electron chi connectivity index (χ4n) is 1.54. The van der Waals surface area contributed by atoms with Crippen LogP contribution in [0.15, 0.2) is 0 Å². The van der Waals surface area contributed by atoms with Crippen LogP contribution in [-0.2, 0) is 4.74 Å². The van der Waals surface area contributed by atoms with E-state index in [-0.39, 0.29) is 0 Å². The van der Waals surface area contributed by atoms with Crippen LogP contribution in [0.1, 0.15) is 0 Å². The molecule has 0 saturated carbocycles. The molecule has 0 aromatic heterocycles. The molecule has 0 amide bonds. The van der Waals surface area contributed by atoms with Crippen molar-refractivity contribution in [3.05, 3.63) is 0 Å². The molecule has 1 saturated heterocycles. The summed E-state index contributed by atoms with van der Waals surface area (Å²) < 4.78 is 5.06. The Kier molecular flexibility index (Phi) is 5.78. The molecule has 0 radical (unpaired) electrons. The molecule has 0 bridgehead atoms. The molecular weight excluding hydrogens is 184 g/mol. The molecular formula is C9H20N2OS. The average molecular weight is 204 g/mol. The number of hydrogen-bond donors (Lipinski definition) is 0. The Morgan fingerprint density at radius 3 is 2.31 bits per heavy atom. The summed E-state index contributed by atoms with van der Waals surface area (Å²) in [4.78, 5) is 4.98. The van der Waals surface area contributed by atoms with Gasteiger partial charge in [0.2, 0.25) is 0 Å². The molecule has 78 valence electrons. The van der Waals surface area contributed by atoms with Gasteiger partial charge in [-0.25, -0.2) is 0 Å². The van der Waals surface area contributed by atoms with Crippen molar-refractivity contribution in [2.45, 2.75) is 0 Å². The smallest absolute Gasteiger partial charge is 0.0589 e. The molecule has 1 aliphatic heterocycles. The zero-order valence-electron chi connectivity index (χ0n) is 8.66. The van der Waals surface area contributed by atoms with Gasteiger partial charge in [-0.15, -0.1) is 11.8 Å². The van der Waals surface area contributed by atoms with E-state index < -0.39 is 0 Å². The third kappa shape index (κ3) is 4.31. The lowest BCUT2D eigenvalue weighted by molar-refractivity contribution is 0.106. The van der Waals surface area contributed by atoms with E-state index in [1.807, 2.05) is 11.8 Å². The Labute approximate surface area is 85.4 Å². The standard InChI is InChI=1S/C9H20N2OS/c1-12-8-7-10-3-5-11(6-4-10)9-13-2/h3-9H2,1-2H3. The van der Waals surface area contributed by atoms with Gasteiger partial charge in [-0.2, -0.15) is 0 Å². The van der Waals surface area contributed by atoms with E-state index in [0.29, 0.717) is 0 Å². The Morgan fingerprint density at radius 1 is 1.15 bits per heavy atom. The van der Waals surface area contributed by atoms with Gasteiger partial charge in [-0.3, -0.25) is 9.80 Å². The van der Waals surface area contributed by atoms with Gasteiger partial charge in [-0.05, 0) is 6.26 Å². The van der Waals surface area contributed by atoms with Crippen molar-refractivity contribution in [2.24, 2.45) is 0 Å². The Hall–Kier alpha value is 0.230. The molecule has 0 spiro atoms. The lowest BCUT2D eigenvalue weighted by Crippen LogP contribution is -2.46. The largest absolute Gasteiger partial charge is 0.383 e. The summed E-state index contributed by atoms with van der Waals surface area (Å²) in [7, 11) is 1.77. The zero-order valence-corrected chi connectivity index (χ0v) is 9.48. The number of rotatable bonds is 5. The van der Waals surface area contributed by atoms with Crippen molar-refractivity contribution in [1.82, 2.24) is 9.80 Å². The van der Waals surface area contributed by atoms with E-state index in [2.05, 4.69) is 16.1 Å². The minimum atomic E-state index is 0.864. The van der Waals surface area contributed by atoms with E-state index >= 15 is 0 Å². The van der Waals surface area contributed by atoms with Gasteiger partial charge in [0.05, 0.1) is 6.61 Å². The maximum atomic E-state index is 5.06. The Morgan fingerprint density at radius 2 is 1.77 bits per heavy atom. The van der Waals surface area contributed by atoms with Gasteiger partial charge >= 0.3 is 0 Å². The van der Waals surface area contributed by atoms with E-state index in [1.54, 1.807) is 7.11 Å². The number of piperazine rings is 1. The highest BCUT2D eigenvalue weighted by Gasteiger charge is 2.15. The molecule has 3 nitrogen and oxygen atoms in total. The third-order valence-electron chi connectivity index (χ3n) is 2.39. The van der Waals surface area contributed by atoms with E-state index in [1.165, 1.54) is 32.1 Å². The summed E-state index contributed by atoms with van der Waals surface area (Å²) in [5.41, 5.74) is 0. The summed E-state index contributed by atoms with van der Waals surface area (Å²) in [5.74, 6) is 1.18. The van der Waals surface area contributed by atoms with Crippen LogP contribution in [-0.4, -0.2) is 68.4 Å². The Balaban J connectivity index is 2.08. The van der Waals surface area contributed by atoms with Crippen LogP contribution >= 0.6 is 11.8 Å². The SMILES string of the molecule is COCCN1CCN(CSC)CC1. The predicted molar refractivity (Wildman–Crippen MR) is 58.3 cm³/mol. The van der Waals surface area contributed by atoms with Gasteiger partial charge in [0, 0.05) is 45.7 Å². The predicted octanol–water partition coefficient (Wildman–Crippen LogP) is 0.571. The summed E-state index contributed by atoms with van der Waals surface area (Å²) in [6, 6.07) is 0. The quantitative estimate of drug-likeness (QED) is 0.650.